The van der Waals surface area contributed by atoms with E-state index in [1.807, 2.05) is 30.3 Å². The minimum atomic E-state index is -3.02. The summed E-state index contributed by atoms with van der Waals surface area (Å²) in [6.07, 6.45) is 0. The van der Waals surface area contributed by atoms with E-state index in [1.54, 1.807) is 0 Å². The summed E-state index contributed by atoms with van der Waals surface area (Å²) in [4.78, 5) is 0. The predicted octanol–water partition coefficient (Wildman–Crippen LogP) is 7.57. The average molecular weight is 628 g/mol. The third-order valence-corrected chi connectivity index (χ3v) is 14.3. The Balaban J connectivity index is 1.39. The topological polar surface area (TPSA) is 52.5 Å². The minimum absolute atomic E-state index is 0.483. The van der Waals surface area contributed by atoms with Gasteiger partial charge in [-0.25, -0.2) is 0 Å². The molecule has 0 bridgehead atoms. The van der Waals surface area contributed by atoms with Crippen LogP contribution < -0.4 is 20.7 Å². The maximum Gasteiger partial charge on any atom is 0.180 e. The van der Waals surface area contributed by atoms with Crippen LogP contribution in [0.15, 0.2) is 176 Å². The number of benzene rings is 7. The summed E-state index contributed by atoms with van der Waals surface area (Å²) >= 11 is 0. The molecule has 8 rings (SSSR count). The summed E-state index contributed by atoms with van der Waals surface area (Å²) in [7, 11) is -3.02. The van der Waals surface area contributed by atoms with E-state index in [9.17, 15) is 10.5 Å². The van der Waals surface area contributed by atoms with Crippen LogP contribution in [0.3, 0.4) is 0 Å². The Morgan fingerprint density at radius 1 is 0.438 bits per heavy atom. The fraction of sp³-hybridized carbons (Fsp3) is 0. The van der Waals surface area contributed by atoms with Crippen LogP contribution in [0.2, 0.25) is 0 Å². The zero-order chi connectivity index (χ0) is 32.5. The molecule has 7 aromatic carbocycles. The molecule has 0 radical (unpaired) electrons. The molecule has 0 aliphatic carbocycles. The lowest BCUT2D eigenvalue weighted by atomic mass is 9.95. The molecule has 0 aliphatic heterocycles. The van der Waals surface area contributed by atoms with Gasteiger partial charge in [0.2, 0.25) is 0 Å². The van der Waals surface area contributed by atoms with Gasteiger partial charge < -0.3 is 4.57 Å². The Labute approximate surface area is 280 Å². The number of nitriles is 2. The molecule has 0 spiro atoms. The van der Waals surface area contributed by atoms with Crippen LogP contribution in [0, 0.1) is 22.7 Å². The summed E-state index contributed by atoms with van der Waals surface area (Å²) in [5, 5.41) is 28.4. The van der Waals surface area contributed by atoms with Crippen LogP contribution in [0.4, 0.5) is 0 Å². The van der Waals surface area contributed by atoms with Gasteiger partial charge in [0.05, 0.1) is 34.3 Å². The summed E-state index contributed by atoms with van der Waals surface area (Å²) in [6.45, 7) is 0. The Morgan fingerprint density at radius 3 is 1.35 bits per heavy atom. The number of nitrogens with zero attached hydrogens (tertiary/aromatic N) is 3. The van der Waals surface area contributed by atoms with Crippen LogP contribution in [0.1, 0.15) is 11.1 Å². The lowest BCUT2D eigenvalue weighted by Crippen LogP contribution is -2.75. The quantitative estimate of drug-likeness (QED) is 0.141. The first kappa shape index (κ1) is 29.0. The molecule has 0 amide bonds. The van der Waals surface area contributed by atoms with Gasteiger partial charge in [0, 0.05) is 22.0 Å². The molecule has 0 unspecified atom stereocenters. The maximum atomic E-state index is 11.1. The maximum absolute atomic E-state index is 11.1. The molecule has 224 valence electrons. The van der Waals surface area contributed by atoms with Crippen LogP contribution in [0.5, 0.6) is 0 Å². The van der Waals surface area contributed by atoms with Gasteiger partial charge in [0.1, 0.15) is 0 Å². The van der Waals surface area contributed by atoms with Crippen LogP contribution >= 0.6 is 0 Å². The third-order valence-electron chi connectivity index (χ3n) is 9.46. The molecule has 3 nitrogen and oxygen atoms in total. The predicted molar refractivity (Wildman–Crippen MR) is 199 cm³/mol. The summed E-state index contributed by atoms with van der Waals surface area (Å²) in [5.74, 6) is 0. The third kappa shape index (κ3) is 4.48. The smallest absolute Gasteiger partial charge is 0.180 e. The van der Waals surface area contributed by atoms with E-state index < -0.39 is 8.07 Å². The molecule has 4 heteroatoms. The monoisotopic (exact) mass is 627 g/mol. The molecule has 0 fully saturated rings. The highest BCUT2D eigenvalue weighted by Crippen LogP contribution is 2.34. The Hall–Kier alpha value is -6.46. The zero-order valence-electron chi connectivity index (χ0n) is 26.1. The molecular weight excluding hydrogens is 599 g/mol. The Kier molecular flexibility index (Phi) is 7.27. The van der Waals surface area contributed by atoms with Crippen molar-refractivity contribution in [3.63, 3.8) is 0 Å². The first-order valence-electron chi connectivity index (χ1n) is 16.0. The van der Waals surface area contributed by atoms with Crippen molar-refractivity contribution in [1.82, 2.24) is 4.57 Å². The van der Waals surface area contributed by atoms with Crippen molar-refractivity contribution in [2.45, 2.75) is 0 Å². The molecule has 0 saturated heterocycles. The van der Waals surface area contributed by atoms with Gasteiger partial charge in [0.25, 0.3) is 0 Å². The lowest BCUT2D eigenvalue weighted by molar-refractivity contribution is 1.18. The number of aromatic nitrogens is 1. The molecular formula is C44H29N3Si. The summed E-state index contributed by atoms with van der Waals surface area (Å²) in [5.41, 5.74) is 5.82. The number of para-hydroxylation sites is 2. The Bertz CT molecular complexity index is 2350. The first-order valence-corrected chi connectivity index (χ1v) is 18.0. The molecule has 0 atom stereocenters. The van der Waals surface area contributed by atoms with Crippen molar-refractivity contribution in [3.8, 4) is 29.0 Å². The standard InChI is InChI=1S/C44H29N3Si/c45-30-33-26-29-43(48(35-14-4-1-5-15-35,36-16-6-2-7-17-36)37-18-8-3-9-19-37)40(31-46)44(33)32-24-27-34(28-25-32)47-41-22-12-10-20-38(41)39-21-11-13-23-42(39)47/h1-29H. The van der Waals surface area contributed by atoms with Crippen molar-refractivity contribution < 1.29 is 0 Å². The average Bonchev–Trinajstić information content (AvgIpc) is 3.51. The Morgan fingerprint density at radius 2 is 0.896 bits per heavy atom. The molecule has 0 aliphatic rings. The molecule has 8 aromatic rings. The zero-order valence-corrected chi connectivity index (χ0v) is 27.1. The molecule has 1 aromatic heterocycles. The summed E-state index contributed by atoms with van der Waals surface area (Å²) < 4.78 is 2.28. The molecule has 48 heavy (non-hydrogen) atoms. The van der Waals surface area contributed by atoms with Crippen LogP contribution in [0.25, 0.3) is 38.6 Å². The van der Waals surface area contributed by atoms with E-state index in [0.717, 1.165) is 27.5 Å². The molecule has 1 heterocycles. The largest absolute Gasteiger partial charge is 0.309 e. The van der Waals surface area contributed by atoms with E-state index in [-0.39, 0.29) is 0 Å². The number of hydrogen-bond donors (Lipinski definition) is 0. The van der Waals surface area contributed by atoms with Crippen LogP contribution in [-0.4, -0.2) is 12.6 Å². The van der Waals surface area contributed by atoms with E-state index in [4.69, 9.17) is 0 Å². The van der Waals surface area contributed by atoms with Crippen molar-refractivity contribution in [2.24, 2.45) is 0 Å². The van der Waals surface area contributed by atoms with Crippen molar-refractivity contribution in [1.29, 1.82) is 10.5 Å². The normalized spacial score (nSPS) is 11.3. The first-order chi connectivity index (χ1) is 23.8. The van der Waals surface area contributed by atoms with Crippen LogP contribution in [-0.2, 0) is 0 Å². The van der Waals surface area contributed by atoms with E-state index in [2.05, 4.69) is 162 Å². The highest BCUT2D eigenvalue weighted by Gasteiger charge is 2.43. The lowest BCUT2D eigenvalue weighted by Gasteiger charge is -2.35. The van der Waals surface area contributed by atoms with E-state index in [0.29, 0.717) is 16.7 Å². The van der Waals surface area contributed by atoms with Crippen molar-refractivity contribution >= 4 is 50.6 Å². The van der Waals surface area contributed by atoms with Crippen molar-refractivity contribution in [2.75, 3.05) is 0 Å². The summed E-state index contributed by atoms with van der Waals surface area (Å²) in [6, 6.07) is 65.9. The van der Waals surface area contributed by atoms with E-state index >= 15 is 0 Å². The van der Waals surface area contributed by atoms with Gasteiger partial charge in [-0.3, -0.25) is 0 Å². The minimum Gasteiger partial charge on any atom is -0.309 e. The van der Waals surface area contributed by atoms with E-state index in [1.165, 1.54) is 26.3 Å². The number of hydrogen-bond acceptors (Lipinski definition) is 2. The van der Waals surface area contributed by atoms with Crippen molar-refractivity contribution in [3.05, 3.63) is 187 Å². The van der Waals surface area contributed by atoms with Gasteiger partial charge in [-0.2, -0.15) is 10.5 Å². The second-order valence-electron chi connectivity index (χ2n) is 11.9. The fourth-order valence-electron chi connectivity index (χ4n) is 7.43. The van der Waals surface area contributed by atoms with Gasteiger partial charge in [-0.15, -0.1) is 0 Å². The number of fused-ring (bicyclic) bond motifs is 3. The second-order valence-corrected chi connectivity index (χ2v) is 15.7. The van der Waals surface area contributed by atoms with Gasteiger partial charge in [0.15, 0.2) is 8.07 Å². The van der Waals surface area contributed by atoms with Gasteiger partial charge >= 0.3 is 0 Å². The van der Waals surface area contributed by atoms with Gasteiger partial charge in [-0.1, -0.05) is 146 Å². The SMILES string of the molecule is N#Cc1ccc([Si](c2ccccc2)(c2ccccc2)c2ccccc2)c(C#N)c1-c1ccc(-n2c3ccccc3c3ccccc32)cc1. The molecule has 0 N–H and O–H groups in total. The second kappa shape index (κ2) is 12.0. The highest BCUT2D eigenvalue weighted by atomic mass is 28.3. The van der Waals surface area contributed by atoms with Gasteiger partial charge in [-0.05, 0) is 56.6 Å². The fourth-order valence-corrected chi connectivity index (χ4v) is 12.3. The molecule has 0 saturated carbocycles. The number of rotatable bonds is 6. The highest BCUT2D eigenvalue weighted by molar-refractivity contribution is 7.20.